The number of rotatable bonds is 10. The highest BCUT2D eigenvalue weighted by atomic mass is 28.4. The Balaban J connectivity index is 5.42. The van der Waals surface area contributed by atoms with Crippen molar-refractivity contribution in [2.45, 2.75) is 76.9 Å². The molecule has 0 unspecified atom stereocenters. The summed E-state index contributed by atoms with van der Waals surface area (Å²) in [6.45, 7) is 13.3. The van der Waals surface area contributed by atoms with E-state index < -0.39 is 14.3 Å². The van der Waals surface area contributed by atoms with Crippen LogP contribution >= 0.6 is 0 Å². The smallest absolute Gasteiger partial charge is 0.303 e. The van der Waals surface area contributed by atoms with E-state index in [0.717, 1.165) is 6.42 Å². The molecule has 6 heteroatoms. The lowest BCUT2D eigenvalue weighted by molar-refractivity contribution is -0.143. The van der Waals surface area contributed by atoms with Gasteiger partial charge in [-0.05, 0) is 22.5 Å². The van der Waals surface area contributed by atoms with E-state index in [1.807, 2.05) is 0 Å². The van der Waals surface area contributed by atoms with Crippen LogP contribution in [0.3, 0.4) is 0 Å². The van der Waals surface area contributed by atoms with Crippen molar-refractivity contribution in [2.24, 2.45) is 0 Å². The van der Waals surface area contributed by atoms with Gasteiger partial charge in [0.2, 0.25) is 0 Å². The Morgan fingerprint density at radius 3 is 1.95 bits per heavy atom. The van der Waals surface area contributed by atoms with Crippen molar-refractivity contribution in [2.75, 3.05) is 13.7 Å². The number of hydrogen-bond donors (Lipinski definition) is 1. The molecule has 0 spiro atoms. The van der Waals surface area contributed by atoms with Crippen LogP contribution in [0.5, 0.6) is 0 Å². The van der Waals surface area contributed by atoms with E-state index in [2.05, 4.69) is 41.5 Å². The van der Waals surface area contributed by atoms with Gasteiger partial charge < -0.3 is 14.3 Å². The van der Waals surface area contributed by atoms with Crippen molar-refractivity contribution in [3.63, 3.8) is 0 Å². The second-order valence-corrected chi connectivity index (χ2v) is 12.6. The third-order valence-corrected chi connectivity index (χ3v) is 10.9. The van der Waals surface area contributed by atoms with Gasteiger partial charge in [-0.1, -0.05) is 41.5 Å². The summed E-state index contributed by atoms with van der Waals surface area (Å²) in [7, 11) is -0.803. The normalized spacial score (nSPS) is 12.8. The molecule has 0 aromatic rings. The standard InChI is InChI=1S/C16H32O5Si/c1-12(2)22(13(3)4,16(5,6)10-11-20-7)21-15(19)9-8-14(17)18/h12-13H,8-11H2,1-7H3,(H,17,18). The number of carboxylic acid groups (broad SMARTS) is 1. The van der Waals surface area contributed by atoms with Gasteiger partial charge in [0.25, 0.3) is 14.3 Å². The lowest BCUT2D eigenvalue weighted by Gasteiger charge is -2.49. The van der Waals surface area contributed by atoms with Gasteiger partial charge >= 0.3 is 5.97 Å². The largest absolute Gasteiger partial charge is 0.518 e. The minimum atomic E-state index is -2.47. The molecule has 0 aromatic carbocycles. The molecule has 130 valence electrons. The van der Waals surface area contributed by atoms with Gasteiger partial charge in [-0.15, -0.1) is 0 Å². The summed E-state index contributed by atoms with van der Waals surface area (Å²) >= 11 is 0. The van der Waals surface area contributed by atoms with Crippen LogP contribution in [0.15, 0.2) is 0 Å². The first-order valence-corrected chi connectivity index (χ1v) is 10.00. The predicted molar refractivity (Wildman–Crippen MR) is 89.4 cm³/mol. The van der Waals surface area contributed by atoms with Crippen LogP contribution in [0.4, 0.5) is 0 Å². The van der Waals surface area contributed by atoms with E-state index >= 15 is 0 Å². The summed E-state index contributed by atoms with van der Waals surface area (Å²) in [5.74, 6) is -1.36. The Morgan fingerprint density at radius 2 is 1.59 bits per heavy atom. The first-order chi connectivity index (χ1) is 10.0. The van der Waals surface area contributed by atoms with Crippen LogP contribution in [0.2, 0.25) is 16.1 Å². The fourth-order valence-electron chi connectivity index (χ4n) is 3.60. The van der Waals surface area contributed by atoms with Crippen LogP contribution in [0.1, 0.15) is 60.8 Å². The number of ether oxygens (including phenoxy) is 1. The second-order valence-electron chi connectivity index (χ2n) is 7.10. The molecule has 5 nitrogen and oxygen atoms in total. The molecule has 22 heavy (non-hydrogen) atoms. The van der Waals surface area contributed by atoms with Crippen LogP contribution in [0.25, 0.3) is 0 Å². The molecule has 0 rings (SSSR count). The highest BCUT2D eigenvalue weighted by molar-refractivity contribution is 6.80. The van der Waals surface area contributed by atoms with E-state index in [0.29, 0.717) is 6.61 Å². The maximum atomic E-state index is 12.2. The summed E-state index contributed by atoms with van der Waals surface area (Å²) in [5, 5.41) is 8.59. The molecule has 0 saturated carbocycles. The van der Waals surface area contributed by atoms with Crippen molar-refractivity contribution in [1.29, 1.82) is 0 Å². The van der Waals surface area contributed by atoms with Gasteiger partial charge in [0.1, 0.15) is 0 Å². The Bertz CT molecular complexity index is 369. The van der Waals surface area contributed by atoms with Gasteiger partial charge in [0, 0.05) is 13.7 Å². The van der Waals surface area contributed by atoms with E-state index in [4.69, 9.17) is 14.3 Å². The van der Waals surface area contributed by atoms with Gasteiger partial charge in [-0.2, -0.15) is 0 Å². The molecule has 0 heterocycles. The molecular weight excluding hydrogens is 300 g/mol. The number of carboxylic acids is 1. The predicted octanol–water partition coefficient (Wildman–Crippen LogP) is 3.98. The maximum absolute atomic E-state index is 12.2. The average Bonchev–Trinajstić information content (AvgIpc) is 2.39. The first kappa shape index (κ1) is 21.1. The van der Waals surface area contributed by atoms with Crippen LogP contribution < -0.4 is 0 Å². The third-order valence-electron chi connectivity index (χ3n) is 4.53. The van der Waals surface area contributed by atoms with Crippen molar-refractivity contribution in [3.05, 3.63) is 0 Å². The number of hydrogen-bond acceptors (Lipinski definition) is 4. The maximum Gasteiger partial charge on any atom is 0.303 e. The monoisotopic (exact) mass is 332 g/mol. The molecule has 0 aliphatic rings. The minimum Gasteiger partial charge on any atom is -0.518 e. The zero-order chi connectivity index (χ0) is 17.6. The highest BCUT2D eigenvalue weighted by Crippen LogP contribution is 2.53. The van der Waals surface area contributed by atoms with E-state index in [-0.39, 0.29) is 34.9 Å². The minimum absolute atomic E-state index is 0.0656. The fourth-order valence-corrected chi connectivity index (χ4v) is 9.78. The topological polar surface area (TPSA) is 72.8 Å². The number of methoxy groups -OCH3 is 1. The number of carbonyl (C=O) groups is 2. The van der Waals surface area contributed by atoms with Gasteiger partial charge in [-0.25, -0.2) is 0 Å². The molecule has 0 fully saturated rings. The zero-order valence-corrected chi connectivity index (χ0v) is 16.1. The molecule has 0 amide bonds. The van der Waals surface area contributed by atoms with Gasteiger partial charge in [0.05, 0.1) is 12.8 Å². The first-order valence-electron chi connectivity index (χ1n) is 7.93. The molecule has 0 bridgehead atoms. The number of aliphatic carboxylic acids is 1. The lowest BCUT2D eigenvalue weighted by Crippen LogP contribution is -2.55. The van der Waals surface area contributed by atoms with Crippen molar-refractivity contribution in [1.82, 2.24) is 0 Å². The molecule has 0 aromatic heterocycles. The lowest BCUT2D eigenvalue weighted by atomic mass is 10.1. The highest BCUT2D eigenvalue weighted by Gasteiger charge is 2.56. The van der Waals surface area contributed by atoms with Crippen molar-refractivity contribution in [3.8, 4) is 0 Å². The summed E-state index contributed by atoms with van der Waals surface area (Å²) in [6, 6.07) is 0. The van der Waals surface area contributed by atoms with E-state index in [1.165, 1.54) is 0 Å². The van der Waals surface area contributed by atoms with Crippen molar-refractivity contribution >= 4 is 20.3 Å². The summed E-state index contributed by atoms with van der Waals surface area (Å²) in [5.41, 5.74) is 0.487. The van der Waals surface area contributed by atoms with Crippen LogP contribution in [0, 0.1) is 0 Å². The summed E-state index contributed by atoms with van der Waals surface area (Å²) < 4.78 is 11.3. The summed E-state index contributed by atoms with van der Waals surface area (Å²) in [4.78, 5) is 22.9. The quantitative estimate of drug-likeness (QED) is 0.613. The Labute approximate surface area is 135 Å². The van der Waals surface area contributed by atoms with Gasteiger partial charge in [-0.3, -0.25) is 9.59 Å². The molecular formula is C16H32O5Si. The fraction of sp³-hybridized carbons (Fsp3) is 0.875. The van der Waals surface area contributed by atoms with Crippen molar-refractivity contribution < 1.29 is 23.9 Å². The molecule has 0 aliphatic carbocycles. The SMILES string of the molecule is COCCC(C)(C)[Si](OC(=O)CCC(=O)O)(C(C)C)C(C)C. The van der Waals surface area contributed by atoms with Gasteiger partial charge in [0.15, 0.2) is 0 Å². The second kappa shape index (κ2) is 8.67. The zero-order valence-electron chi connectivity index (χ0n) is 15.1. The van der Waals surface area contributed by atoms with E-state index in [9.17, 15) is 9.59 Å². The molecule has 1 N–H and O–H groups in total. The van der Waals surface area contributed by atoms with E-state index in [1.54, 1.807) is 7.11 Å². The van der Waals surface area contributed by atoms with Crippen LogP contribution in [-0.4, -0.2) is 39.1 Å². The molecule has 0 atom stereocenters. The average molecular weight is 333 g/mol. The number of carbonyl (C=O) groups excluding carboxylic acids is 1. The summed E-state index contributed by atoms with van der Waals surface area (Å²) in [6.07, 6.45) is 0.570. The Hall–Kier alpha value is -0.883. The molecule has 0 aliphatic heterocycles. The molecule has 0 saturated heterocycles. The van der Waals surface area contributed by atoms with Crippen LogP contribution in [-0.2, 0) is 18.8 Å². The molecule has 0 radical (unpaired) electrons. The Kier molecular flexibility index (Phi) is 8.32. The Morgan fingerprint density at radius 1 is 1.09 bits per heavy atom. The third kappa shape index (κ3) is 5.09.